The maximum absolute atomic E-state index is 11.4. The second kappa shape index (κ2) is 7.19. The molecule has 0 bridgehead atoms. The van der Waals surface area contributed by atoms with E-state index in [-0.39, 0.29) is 5.56 Å². The number of hydrogen-bond donors (Lipinski definition) is 2. The van der Waals surface area contributed by atoms with E-state index in [4.69, 9.17) is 9.47 Å². The summed E-state index contributed by atoms with van der Waals surface area (Å²) in [5, 5.41) is 17.1. The molecule has 0 aliphatic heterocycles. The molecule has 0 saturated carbocycles. The summed E-state index contributed by atoms with van der Waals surface area (Å²) in [6.45, 7) is 0.546. The van der Waals surface area contributed by atoms with Crippen molar-refractivity contribution in [2.75, 3.05) is 14.2 Å². The summed E-state index contributed by atoms with van der Waals surface area (Å²) in [6, 6.07) is 11.1. The van der Waals surface area contributed by atoms with Crippen LogP contribution in [-0.4, -0.2) is 35.5 Å². The maximum Gasteiger partial charge on any atom is 0.339 e. The number of ether oxygens (including phenoxy) is 2. The van der Waals surface area contributed by atoms with Gasteiger partial charge in [0.2, 0.25) is 0 Å². The van der Waals surface area contributed by atoms with E-state index in [2.05, 4.69) is 10.2 Å². The first-order valence-corrected chi connectivity index (χ1v) is 7.68. The van der Waals surface area contributed by atoms with Crippen molar-refractivity contribution in [2.24, 2.45) is 0 Å². The van der Waals surface area contributed by atoms with Crippen LogP contribution in [0.1, 0.15) is 27.2 Å². The molecule has 3 rings (SSSR count). The van der Waals surface area contributed by atoms with E-state index < -0.39 is 5.97 Å². The third kappa shape index (κ3) is 3.39. The molecule has 0 radical (unpaired) electrons. The van der Waals surface area contributed by atoms with E-state index in [0.29, 0.717) is 29.0 Å². The molecule has 0 unspecified atom stereocenters. The third-order valence-electron chi connectivity index (χ3n) is 3.84. The Morgan fingerprint density at radius 1 is 1.24 bits per heavy atom. The molecule has 128 valence electrons. The number of carboxylic acid groups (broad SMARTS) is 1. The number of hydrogen-bond acceptors (Lipinski definition) is 4. The number of nitrogens with zero attached hydrogens (tertiary/aromatic N) is 1. The number of benzene rings is 2. The molecule has 2 aromatic carbocycles. The number of fused-ring (bicyclic) bond motifs is 1. The molecule has 0 saturated heterocycles. The monoisotopic (exact) mass is 338 g/mol. The zero-order chi connectivity index (χ0) is 17.8. The lowest BCUT2D eigenvalue weighted by atomic mass is 10.1. The summed E-state index contributed by atoms with van der Waals surface area (Å²) in [4.78, 5) is 11.4. The molecule has 6 nitrogen and oxygen atoms in total. The number of nitrogens with one attached hydrogen (secondary N) is 1. The average Bonchev–Trinajstić information content (AvgIpc) is 3.03. The summed E-state index contributed by atoms with van der Waals surface area (Å²) < 4.78 is 10.5. The minimum absolute atomic E-state index is 0.105. The molecule has 1 aromatic heterocycles. The van der Waals surface area contributed by atoms with Crippen LogP contribution < -0.4 is 4.74 Å². The van der Waals surface area contributed by atoms with Gasteiger partial charge in [0.25, 0.3) is 0 Å². The van der Waals surface area contributed by atoms with Crippen LogP contribution in [0, 0.1) is 0 Å². The average molecular weight is 338 g/mol. The zero-order valence-corrected chi connectivity index (χ0v) is 13.9. The van der Waals surface area contributed by atoms with Crippen LogP contribution in [0.3, 0.4) is 0 Å². The van der Waals surface area contributed by atoms with Crippen LogP contribution in [0.5, 0.6) is 5.75 Å². The van der Waals surface area contributed by atoms with Gasteiger partial charge in [-0.15, -0.1) is 0 Å². The van der Waals surface area contributed by atoms with Gasteiger partial charge in [0.1, 0.15) is 11.3 Å². The summed E-state index contributed by atoms with van der Waals surface area (Å²) in [5.41, 5.74) is 3.52. The van der Waals surface area contributed by atoms with Gasteiger partial charge in [-0.05, 0) is 35.4 Å². The van der Waals surface area contributed by atoms with Crippen molar-refractivity contribution in [2.45, 2.75) is 6.61 Å². The highest BCUT2D eigenvalue weighted by molar-refractivity contribution is 6.02. The molecule has 6 heteroatoms. The third-order valence-corrected chi connectivity index (χ3v) is 3.84. The predicted octanol–water partition coefficient (Wildman–Crippen LogP) is 3.59. The molecule has 0 aliphatic carbocycles. The first-order valence-electron chi connectivity index (χ1n) is 7.68. The van der Waals surface area contributed by atoms with Crippen LogP contribution in [-0.2, 0) is 11.3 Å². The van der Waals surface area contributed by atoms with Crippen molar-refractivity contribution in [3.8, 4) is 5.75 Å². The second-order valence-electron chi connectivity index (χ2n) is 5.49. The van der Waals surface area contributed by atoms with Gasteiger partial charge in [0.15, 0.2) is 0 Å². The number of methoxy groups -OCH3 is 2. The Bertz CT molecular complexity index is 944. The summed E-state index contributed by atoms with van der Waals surface area (Å²) in [7, 11) is 3.11. The summed E-state index contributed by atoms with van der Waals surface area (Å²) in [6.07, 6.45) is 3.79. The normalized spacial score (nSPS) is 11.3. The maximum atomic E-state index is 11.4. The minimum atomic E-state index is -1.04. The topological polar surface area (TPSA) is 84.4 Å². The van der Waals surface area contributed by atoms with Crippen LogP contribution in [0.25, 0.3) is 23.1 Å². The van der Waals surface area contributed by atoms with E-state index in [1.807, 2.05) is 36.4 Å². The quantitative estimate of drug-likeness (QED) is 0.717. The van der Waals surface area contributed by atoms with E-state index in [9.17, 15) is 9.90 Å². The Morgan fingerprint density at radius 3 is 2.80 bits per heavy atom. The molecule has 0 atom stereocenters. The summed E-state index contributed by atoms with van der Waals surface area (Å²) >= 11 is 0. The van der Waals surface area contributed by atoms with Crippen LogP contribution >= 0.6 is 0 Å². The van der Waals surface area contributed by atoms with Crippen LogP contribution in [0.15, 0.2) is 36.4 Å². The molecule has 0 amide bonds. The number of aromatic nitrogens is 2. The number of carbonyl (C=O) groups is 1. The van der Waals surface area contributed by atoms with Gasteiger partial charge in [0, 0.05) is 7.11 Å². The van der Waals surface area contributed by atoms with Gasteiger partial charge in [-0.25, -0.2) is 4.79 Å². The van der Waals surface area contributed by atoms with Crippen molar-refractivity contribution in [3.05, 3.63) is 58.8 Å². The van der Waals surface area contributed by atoms with E-state index in [1.54, 1.807) is 13.2 Å². The molecule has 1 heterocycles. The number of aromatic amines is 1. The number of carboxylic acids is 1. The highest BCUT2D eigenvalue weighted by atomic mass is 16.5. The van der Waals surface area contributed by atoms with Crippen LogP contribution in [0.2, 0.25) is 0 Å². The standard InChI is InChI=1S/C19H18N2O4/c1-24-11-13-5-3-4-12(10-13)6-8-15-17-16(21-20-15)9-7-14(19(22)23)18(17)25-2/h3-10H,11H2,1-2H3,(H,20,21)(H,22,23). The number of rotatable bonds is 6. The van der Waals surface area contributed by atoms with Gasteiger partial charge in [-0.3, -0.25) is 5.10 Å². The van der Waals surface area contributed by atoms with Crippen molar-refractivity contribution in [1.29, 1.82) is 0 Å². The van der Waals surface area contributed by atoms with E-state index in [1.165, 1.54) is 13.2 Å². The van der Waals surface area contributed by atoms with Gasteiger partial charge in [0.05, 0.1) is 30.3 Å². The fourth-order valence-electron chi connectivity index (χ4n) is 2.74. The lowest BCUT2D eigenvalue weighted by molar-refractivity contribution is 0.0693. The van der Waals surface area contributed by atoms with Crippen molar-refractivity contribution >= 4 is 29.0 Å². The molecule has 2 N–H and O–H groups in total. The Labute approximate surface area is 144 Å². The SMILES string of the molecule is COCc1cccc(C=Cc2[nH]nc3ccc(C(=O)O)c(OC)c23)c1. The van der Waals surface area contributed by atoms with Crippen LogP contribution in [0.4, 0.5) is 0 Å². The van der Waals surface area contributed by atoms with Gasteiger partial charge >= 0.3 is 5.97 Å². The first kappa shape index (κ1) is 16.7. The molecule has 0 spiro atoms. The van der Waals surface area contributed by atoms with E-state index in [0.717, 1.165) is 11.1 Å². The smallest absolute Gasteiger partial charge is 0.339 e. The molecular formula is C19H18N2O4. The molecule has 3 aromatic rings. The van der Waals surface area contributed by atoms with Crippen molar-refractivity contribution in [1.82, 2.24) is 10.2 Å². The highest BCUT2D eigenvalue weighted by Gasteiger charge is 2.17. The fraction of sp³-hybridized carbons (Fsp3) is 0.158. The van der Waals surface area contributed by atoms with E-state index >= 15 is 0 Å². The largest absolute Gasteiger partial charge is 0.495 e. The summed E-state index contributed by atoms with van der Waals surface area (Å²) in [5.74, 6) is -0.742. The molecule has 0 fully saturated rings. The fourth-order valence-corrected chi connectivity index (χ4v) is 2.74. The highest BCUT2D eigenvalue weighted by Crippen LogP contribution is 2.32. The zero-order valence-electron chi connectivity index (χ0n) is 13.9. The molecule has 25 heavy (non-hydrogen) atoms. The minimum Gasteiger partial charge on any atom is -0.495 e. The Kier molecular flexibility index (Phi) is 4.81. The second-order valence-corrected chi connectivity index (χ2v) is 5.49. The van der Waals surface area contributed by atoms with Gasteiger partial charge in [-0.2, -0.15) is 5.10 Å². The van der Waals surface area contributed by atoms with Crippen molar-refractivity contribution < 1.29 is 19.4 Å². The van der Waals surface area contributed by atoms with Gasteiger partial charge in [-0.1, -0.05) is 24.3 Å². The first-order chi connectivity index (χ1) is 12.1. The molecular weight excluding hydrogens is 320 g/mol. The lowest BCUT2D eigenvalue weighted by Crippen LogP contribution is -2.00. The van der Waals surface area contributed by atoms with Crippen molar-refractivity contribution in [3.63, 3.8) is 0 Å². The Hall–Kier alpha value is -3.12. The number of aromatic carboxylic acids is 1. The Morgan fingerprint density at radius 2 is 2.08 bits per heavy atom. The Balaban J connectivity index is 2.03. The van der Waals surface area contributed by atoms with Gasteiger partial charge < -0.3 is 14.6 Å². The lowest BCUT2D eigenvalue weighted by Gasteiger charge is -2.06. The molecule has 0 aliphatic rings. The number of H-pyrrole nitrogens is 1. The predicted molar refractivity (Wildman–Crippen MR) is 95.7 cm³/mol.